The van der Waals surface area contributed by atoms with Gasteiger partial charge in [-0.3, -0.25) is 0 Å². The second-order valence-electron chi connectivity index (χ2n) is 2.89. The van der Waals surface area contributed by atoms with E-state index in [-0.39, 0.29) is 5.70 Å². The number of halogens is 3. The predicted octanol–water partition coefficient (Wildman–Crippen LogP) is 1.68. The van der Waals surface area contributed by atoms with Crippen molar-refractivity contribution in [3.8, 4) is 0 Å². The topological polar surface area (TPSA) is 35.8 Å². The summed E-state index contributed by atoms with van der Waals surface area (Å²) in [6, 6.07) is 0. The second-order valence-corrected chi connectivity index (χ2v) is 3.08. The van der Waals surface area contributed by atoms with Gasteiger partial charge in [-0.1, -0.05) is 0 Å². The third kappa shape index (κ3) is 2.65. The maximum absolute atomic E-state index is 12.3. The fourth-order valence-electron chi connectivity index (χ4n) is 1.07. The van der Waals surface area contributed by atoms with Gasteiger partial charge < -0.3 is 10.0 Å². The molecule has 0 amide bonds. The van der Waals surface area contributed by atoms with Crippen LogP contribution in [0.3, 0.4) is 0 Å². The summed E-state index contributed by atoms with van der Waals surface area (Å²) in [6.45, 7) is 0. The molecule has 0 aromatic heterocycles. The minimum absolute atomic E-state index is 0.178. The van der Waals surface area contributed by atoms with Gasteiger partial charge in [0.25, 0.3) is 0 Å². The highest BCUT2D eigenvalue weighted by molar-refractivity contribution is 7.78. The lowest BCUT2D eigenvalue weighted by Gasteiger charge is -2.27. The van der Waals surface area contributed by atoms with Crippen LogP contribution in [0.15, 0.2) is 28.5 Å². The van der Waals surface area contributed by atoms with Gasteiger partial charge >= 0.3 is 6.18 Å². The molecule has 0 aromatic carbocycles. The van der Waals surface area contributed by atoms with E-state index in [9.17, 15) is 18.3 Å². The minimum Gasteiger partial charge on any atom is -0.368 e. The van der Waals surface area contributed by atoms with Crippen LogP contribution in [0, 0.1) is 0 Å². The Hall–Kier alpha value is -1.17. The SMILES string of the molecule is CN1C=C(C(F)(F)F)C=C(N=C=S)C1O. The Labute approximate surface area is 89.2 Å². The molecule has 0 bridgehead atoms. The molecule has 0 fully saturated rings. The number of hydrogen-bond acceptors (Lipinski definition) is 4. The summed E-state index contributed by atoms with van der Waals surface area (Å²) in [6.07, 6.45) is -4.17. The molecule has 15 heavy (non-hydrogen) atoms. The first-order chi connectivity index (χ1) is 6.86. The van der Waals surface area contributed by atoms with E-state index in [0.29, 0.717) is 0 Å². The third-order valence-electron chi connectivity index (χ3n) is 1.80. The van der Waals surface area contributed by atoms with E-state index >= 15 is 0 Å². The Balaban J connectivity index is 3.13. The highest BCUT2D eigenvalue weighted by atomic mass is 32.1. The molecule has 0 saturated heterocycles. The maximum atomic E-state index is 12.3. The van der Waals surface area contributed by atoms with Crippen molar-refractivity contribution < 1.29 is 18.3 Å². The number of isothiocyanates is 1. The fourth-order valence-corrected chi connectivity index (χ4v) is 1.17. The molecule has 1 heterocycles. The summed E-state index contributed by atoms with van der Waals surface area (Å²) in [7, 11) is 1.31. The van der Waals surface area contributed by atoms with Crippen LogP contribution in [0.5, 0.6) is 0 Å². The van der Waals surface area contributed by atoms with Crippen LogP contribution < -0.4 is 0 Å². The lowest BCUT2D eigenvalue weighted by Crippen LogP contribution is -2.33. The van der Waals surface area contributed by atoms with E-state index in [1.54, 1.807) is 0 Å². The lowest BCUT2D eigenvalue weighted by molar-refractivity contribution is -0.0910. The van der Waals surface area contributed by atoms with Crippen molar-refractivity contribution in [1.82, 2.24) is 4.90 Å². The van der Waals surface area contributed by atoms with Gasteiger partial charge in [-0.2, -0.15) is 18.2 Å². The zero-order valence-corrected chi connectivity index (χ0v) is 8.43. The van der Waals surface area contributed by atoms with Crippen molar-refractivity contribution in [3.63, 3.8) is 0 Å². The molecule has 0 spiro atoms. The molecular formula is C8H7F3N2OS. The van der Waals surface area contributed by atoms with E-state index < -0.39 is 18.0 Å². The highest BCUT2D eigenvalue weighted by Gasteiger charge is 2.36. The first-order valence-electron chi connectivity index (χ1n) is 3.84. The number of aliphatic hydroxyl groups is 1. The number of thiocarbonyl (C=S) groups is 1. The predicted molar refractivity (Wildman–Crippen MR) is 51.0 cm³/mol. The summed E-state index contributed by atoms with van der Waals surface area (Å²) in [5, 5.41) is 11.3. The molecule has 82 valence electrons. The van der Waals surface area contributed by atoms with Gasteiger partial charge in [0.15, 0.2) is 6.23 Å². The number of aliphatic hydroxyl groups excluding tert-OH is 1. The Morgan fingerprint density at radius 1 is 1.60 bits per heavy atom. The van der Waals surface area contributed by atoms with Gasteiger partial charge in [0.2, 0.25) is 0 Å². The Kier molecular flexibility index (Phi) is 3.28. The van der Waals surface area contributed by atoms with Gasteiger partial charge in [0, 0.05) is 13.2 Å². The molecule has 1 aliphatic heterocycles. The molecule has 0 radical (unpaired) electrons. The number of nitrogens with zero attached hydrogens (tertiary/aromatic N) is 2. The molecular weight excluding hydrogens is 229 g/mol. The van der Waals surface area contributed by atoms with E-state index in [2.05, 4.69) is 17.2 Å². The maximum Gasteiger partial charge on any atom is 0.417 e. The number of aliphatic imine (C=N–C) groups is 1. The van der Waals surface area contributed by atoms with Gasteiger partial charge in [0.1, 0.15) is 5.70 Å². The quantitative estimate of drug-likeness (QED) is 0.556. The average Bonchev–Trinajstić information content (AvgIpc) is 2.11. The highest BCUT2D eigenvalue weighted by Crippen LogP contribution is 2.31. The minimum atomic E-state index is -4.48. The summed E-state index contributed by atoms with van der Waals surface area (Å²) in [4.78, 5) is 4.37. The summed E-state index contributed by atoms with van der Waals surface area (Å²) < 4.78 is 37.0. The standard InChI is InChI=1S/C8H7F3N2OS/c1-13-3-5(8(9,10)11)2-6(7(13)14)12-4-15/h2-3,7,14H,1H3. The first-order valence-corrected chi connectivity index (χ1v) is 4.25. The smallest absolute Gasteiger partial charge is 0.368 e. The zero-order chi connectivity index (χ0) is 11.6. The van der Waals surface area contributed by atoms with E-state index in [4.69, 9.17) is 0 Å². The number of likely N-dealkylation sites (N-methyl/N-ethyl adjacent to an activating group) is 1. The van der Waals surface area contributed by atoms with Crippen LogP contribution in [-0.2, 0) is 0 Å². The fraction of sp³-hybridized carbons (Fsp3) is 0.375. The number of allylic oxidation sites excluding steroid dienone is 2. The van der Waals surface area contributed by atoms with Crippen LogP contribution in [-0.4, -0.2) is 34.6 Å². The monoisotopic (exact) mass is 236 g/mol. The lowest BCUT2D eigenvalue weighted by atomic mass is 10.1. The molecule has 3 nitrogen and oxygen atoms in total. The molecule has 1 rings (SSSR count). The second kappa shape index (κ2) is 4.14. The Bertz CT molecular complexity index is 369. The first kappa shape index (κ1) is 11.9. The Morgan fingerprint density at radius 3 is 2.67 bits per heavy atom. The van der Waals surface area contributed by atoms with Gasteiger partial charge in [0.05, 0.1) is 10.7 Å². The number of rotatable bonds is 1. The summed E-state index contributed by atoms with van der Waals surface area (Å²) in [5.74, 6) is 0. The van der Waals surface area contributed by atoms with Crippen LogP contribution in [0.2, 0.25) is 0 Å². The molecule has 7 heteroatoms. The molecule has 0 aliphatic carbocycles. The number of hydrogen-bond donors (Lipinski definition) is 1. The molecule has 1 unspecified atom stereocenters. The van der Waals surface area contributed by atoms with Crippen LogP contribution >= 0.6 is 12.2 Å². The molecule has 0 saturated carbocycles. The normalized spacial score (nSPS) is 21.7. The van der Waals surface area contributed by atoms with Crippen LogP contribution in [0.1, 0.15) is 0 Å². The van der Waals surface area contributed by atoms with Crippen LogP contribution in [0.4, 0.5) is 13.2 Å². The molecule has 1 atom stereocenters. The van der Waals surface area contributed by atoms with Crippen molar-refractivity contribution in [2.24, 2.45) is 4.99 Å². The molecule has 1 aliphatic rings. The number of alkyl halides is 3. The van der Waals surface area contributed by atoms with E-state index in [0.717, 1.165) is 17.2 Å². The molecule has 1 N–H and O–H groups in total. The Morgan fingerprint density at radius 2 is 2.20 bits per heavy atom. The molecule has 0 aromatic rings. The van der Waals surface area contributed by atoms with Crippen molar-refractivity contribution in [3.05, 3.63) is 23.5 Å². The van der Waals surface area contributed by atoms with Crippen molar-refractivity contribution >= 4 is 17.4 Å². The van der Waals surface area contributed by atoms with Gasteiger partial charge in [-0.25, -0.2) is 0 Å². The van der Waals surface area contributed by atoms with Crippen molar-refractivity contribution in [2.75, 3.05) is 7.05 Å². The van der Waals surface area contributed by atoms with E-state index in [1.165, 1.54) is 7.05 Å². The largest absolute Gasteiger partial charge is 0.417 e. The van der Waals surface area contributed by atoms with Crippen molar-refractivity contribution in [2.45, 2.75) is 12.4 Å². The van der Waals surface area contributed by atoms with Gasteiger partial charge in [-0.05, 0) is 18.3 Å². The third-order valence-corrected chi connectivity index (χ3v) is 1.89. The average molecular weight is 236 g/mol. The summed E-state index contributed by atoms with van der Waals surface area (Å²) >= 11 is 4.27. The van der Waals surface area contributed by atoms with E-state index in [1.807, 2.05) is 5.16 Å². The summed E-state index contributed by atoms with van der Waals surface area (Å²) in [5.41, 5.74) is -1.07. The zero-order valence-electron chi connectivity index (χ0n) is 7.62. The van der Waals surface area contributed by atoms with Crippen molar-refractivity contribution in [1.29, 1.82) is 0 Å². The van der Waals surface area contributed by atoms with Crippen LogP contribution in [0.25, 0.3) is 0 Å². The van der Waals surface area contributed by atoms with Gasteiger partial charge in [-0.15, -0.1) is 0 Å².